The van der Waals surface area contributed by atoms with E-state index in [4.69, 9.17) is 0 Å². The van der Waals surface area contributed by atoms with E-state index in [-0.39, 0.29) is 10.8 Å². The Morgan fingerprint density at radius 3 is 2.36 bits per heavy atom. The van der Waals surface area contributed by atoms with Crippen molar-refractivity contribution in [3.8, 4) is 0 Å². The van der Waals surface area contributed by atoms with Crippen LogP contribution in [0.4, 0.5) is 0 Å². The third-order valence-corrected chi connectivity index (χ3v) is 7.50. The Balaban J connectivity index is 1.84. The number of sulfonamides is 1. The lowest BCUT2D eigenvalue weighted by atomic mass is 10.1. The van der Waals surface area contributed by atoms with Crippen LogP contribution < -0.4 is 0 Å². The molecule has 0 unspecified atom stereocenters. The molecule has 0 aromatic heterocycles. The van der Waals surface area contributed by atoms with Gasteiger partial charge in [0.25, 0.3) is 5.91 Å². The first-order valence-electron chi connectivity index (χ1n) is 9.40. The van der Waals surface area contributed by atoms with Crippen LogP contribution in [0.3, 0.4) is 0 Å². The SMILES string of the molecule is Cc1ccc(S(=O)(=O)N2CCCCC2)cc1C(=O)N(C)Cc1ccc(Br)cc1. The van der Waals surface area contributed by atoms with Gasteiger partial charge < -0.3 is 4.90 Å². The fourth-order valence-corrected chi connectivity index (χ4v) is 5.20. The van der Waals surface area contributed by atoms with Crippen LogP contribution in [-0.2, 0) is 16.6 Å². The molecule has 5 nitrogen and oxygen atoms in total. The highest BCUT2D eigenvalue weighted by Crippen LogP contribution is 2.24. The van der Waals surface area contributed by atoms with Gasteiger partial charge in [-0.3, -0.25) is 4.79 Å². The first-order chi connectivity index (χ1) is 13.3. The summed E-state index contributed by atoms with van der Waals surface area (Å²) in [4.78, 5) is 14.8. The lowest BCUT2D eigenvalue weighted by Crippen LogP contribution is -2.35. The van der Waals surface area contributed by atoms with E-state index >= 15 is 0 Å². The monoisotopic (exact) mass is 464 g/mol. The number of piperidine rings is 1. The fraction of sp³-hybridized carbons (Fsp3) is 0.381. The van der Waals surface area contributed by atoms with Gasteiger partial charge in [0.2, 0.25) is 10.0 Å². The van der Waals surface area contributed by atoms with E-state index in [0.29, 0.717) is 25.2 Å². The van der Waals surface area contributed by atoms with Crippen molar-refractivity contribution < 1.29 is 13.2 Å². The van der Waals surface area contributed by atoms with E-state index < -0.39 is 10.0 Å². The summed E-state index contributed by atoms with van der Waals surface area (Å²) in [6.07, 6.45) is 2.82. The molecule has 0 aliphatic carbocycles. The molecule has 7 heteroatoms. The van der Waals surface area contributed by atoms with Gasteiger partial charge in [-0.2, -0.15) is 4.31 Å². The van der Waals surface area contributed by atoms with Gasteiger partial charge in [0, 0.05) is 36.7 Å². The van der Waals surface area contributed by atoms with Crippen LogP contribution >= 0.6 is 15.9 Å². The van der Waals surface area contributed by atoms with Gasteiger partial charge in [0.05, 0.1) is 4.90 Å². The van der Waals surface area contributed by atoms with Gasteiger partial charge in [0.15, 0.2) is 0 Å². The number of carbonyl (C=O) groups is 1. The molecule has 0 N–H and O–H groups in total. The van der Waals surface area contributed by atoms with Gasteiger partial charge in [-0.1, -0.05) is 40.5 Å². The van der Waals surface area contributed by atoms with Gasteiger partial charge in [0.1, 0.15) is 0 Å². The van der Waals surface area contributed by atoms with Gasteiger partial charge >= 0.3 is 0 Å². The molecule has 1 aliphatic rings. The number of hydrogen-bond donors (Lipinski definition) is 0. The molecule has 2 aromatic rings. The van der Waals surface area contributed by atoms with Gasteiger partial charge in [-0.05, 0) is 55.2 Å². The van der Waals surface area contributed by atoms with E-state index in [9.17, 15) is 13.2 Å². The molecule has 2 aromatic carbocycles. The van der Waals surface area contributed by atoms with Crippen molar-refractivity contribution in [3.63, 3.8) is 0 Å². The van der Waals surface area contributed by atoms with Crippen LogP contribution in [0.15, 0.2) is 51.8 Å². The lowest BCUT2D eigenvalue weighted by molar-refractivity contribution is 0.0784. The zero-order valence-corrected chi connectivity index (χ0v) is 18.6. The smallest absolute Gasteiger partial charge is 0.254 e. The number of hydrogen-bond acceptors (Lipinski definition) is 3. The molecule has 0 atom stereocenters. The summed E-state index contributed by atoms with van der Waals surface area (Å²) in [5.74, 6) is -0.184. The van der Waals surface area contributed by atoms with Crippen LogP contribution in [0.5, 0.6) is 0 Å². The van der Waals surface area contributed by atoms with Crippen molar-refractivity contribution in [1.82, 2.24) is 9.21 Å². The van der Waals surface area contributed by atoms with Crippen molar-refractivity contribution in [2.24, 2.45) is 0 Å². The molecule has 1 amide bonds. The predicted octanol–water partition coefficient (Wildman–Crippen LogP) is 4.20. The van der Waals surface area contributed by atoms with E-state index in [1.54, 1.807) is 24.1 Å². The third kappa shape index (κ3) is 4.64. The van der Waals surface area contributed by atoms with Crippen LogP contribution in [0.2, 0.25) is 0 Å². The zero-order chi connectivity index (χ0) is 20.3. The Labute approximate surface area is 175 Å². The van der Waals surface area contributed by atoms with E-state index in [2.05, 4.69) is 15.9 Å². The number of halogens is 1. The molecule has 3 rings (SSSR count). The highest BCUT2D eigenvalue weighted by Gasteiger charge is 2.27. The minimum absolute atomic E-state index is 0.184. The third-order valence-electron chi connectivity index (χ3n) is 5.07. The Bertz CT molecular complexity index is 952. The minimum atomic E-state index is -3.57. The molecule has 1 aliphatic heterocycles. The molecular formula is C21H25BrN2O3S. The maximum Gasteiger partial charge on any atom is 0.254 e. The summed E-state index contributed by atoms with van der Waals surface area (Å²) in [6, 6.07) is 12.6. The normalized spacial score (nSPS) is 15.4. The molecule has 0 bridgehead atoms. The van der Waals surface area contributed by atoms with Crippen molar-refractivity contribution >= 4 is 31.9 Å². The van der Waals surface area contributed by atoms with Crippen molar-refractivity contribution in [3.05, 3.63) is 63.6 Å². The molecule has 1 saturated heterocycles. The van der Waals surface area contributed by atoms with Crippen LogP contribution in [0, 0.1) is 6.92 Å². The molecule has 0 spiro atoms. The van der Waals surface area contributed by atoms with E-state index in [1.165, 1.54) is 10.4 Å². The molecule has 1 fully saturated rings. The highest BCUT2D eigenvalue weighted by atomic mass is 79.9. The molecule has 0 saturated carbocycles. The maximum atomic E-state index is 13.0. The van der Waals surface area contributed by atoms with E-state index in [0.717, 1.165) is 34.9 Å². The first kappa shape index (κ1) is 21.0. The van der Waals surface area contributed by atoms with Crippen molar-refractivity contribution in [2.45, 2.75) is 37.6 Å². The van der Waals surface area contributed by atoms with Crippen LogP contribution in [-0.4, -0.2) is 43.7 Å². The summed E-state index contributed by atoms with van der Waals surface area (Å²) in [7, 11) is -1.84. The number of carbonyl (C=O) groups excluding carboxylic acids is 1. The standard InChI is InChI=1S/C21H25BrN2O3S/c1-16-6-11-19(28(26,27)24-12-4-3-5-13-24)14-20(16)21(25)23(2)15-17-7-9-18(22)10-8-17/h6-11,14H,3-5,12-13,15H2,1-2H3. The Morgan fingerprint density at radius 2 is 1.71 bits per heavy atom. The second kappa shape index (κ2) is 8.76. The zero-order valence-electron chi connectivity index (χ0n) is 16.2. The quantitative estimate of drug-likeness (QED) is 0.665. The highest BCUT2D eigenvalue weighted by molar-refractivity contribution is 9.10. The molecule has 28 heavy (non-hydrogen) atoms. The topological polar surface area (TPSA) is 57.7 Å². The van der Waals surface area contributed by atoms with Gasteiger partial charge in [-0.15, -0.1) is 0 Å². The first-order valence-corrected chi connectivity index (χ1v) is 11.6. The Morgan fingerprint density at radius 1 is 1.07 bits per heavy atom. The molecule has 1 heterocycles. The summed E-state index contributed by atoms with van der Waals surface area (Å²) >= 11 is 3.40. The second-order valence-corrected chi connectivity index (χ2v) is 10.1. The van der Waals surface area contributed by atoms with Crippen molar-refractivity contribution in [2.75, 3.05) is 20.1 Å². The Hall–Kier alpha value is -1.70. The van der Waals surface area contributed by atoms with E-state index in [1.807, 2.05) is 31.2 Å². The maximum absolute atomic E-state index is 13.0. The summed E-state index contributed by atoms with van der Waals surface area (Å²) in [5, 5.41) is 0. The number of amides is 1. The number of benzene rings is 2. The summed E-state index contributed by atoms with van der Waals surface area (Å²) in [5.41, 5.74) is 2.21. The largest absolute Gasteiger partial charge is 0.337 e. The predicted molar refractivity (Wildman–Crippen MR) is 114 cm³/mol. The average molecular weight is 465 g/mol. The second-order valence-electron chi connectivity index (χ2n) is 7.23. The van der Waals surface area contributed by atoms with Crippen LogP contribution in [0.1, 0.15) is 40.7 Å². The molecule has 150 valence electrons. The lowest BCUT2D eigenvalue weighted by Gasteiger charge is -2.26. The minimum Gasteiger partial charge on any atom is -0.337 e. The summed E-state index contributed by atoms with van der Waals surface area (Å²) < 4.78 is 28.4. The molecular weight excluding hydrogens is 440 g/mol. The average Bonchev–Trinajstić information content (AvgIpc) is 2.70. The fourth-order valence-electron chi connectivity index (χ4n) is 3.39. The number of aryl methyl sites for hydroxylation is 1. The number of nitrogens with zero attached hydrogens (tertiary/aromatic N) is 2. The van der Waals surface area contributed by atoms with Crippen molar-refractivity contribution in [1.29, 1.82) is 0 Å². The Kier molecular flexibility index (Phi) is 6.58. The molecule has 0 radical (unpaired) electrons. The van der Waals surface area contributed by atoms with Crippen LogP contribution in [0.25, 0.3) is 0 Å². The number of rotatable bonds is 5. The summed E-state index contributed by atoms with van der Waals surface area (Å²) in [6.45, 7) is 3.37. The van der Waals surface area contributed by atoms with Gasteiger partial charge in [-0.25, -0.2) is 8.42 Å².